The van der Waals surface area contributed by atoms with Gasteiger partial charge in [-0.05, 0) is 20.8 Å². The molecule has 8 heteroatoms. The number of ether oxygens (including phenoxy) is 2. The van der Waals surface area contributed by atoms with Crippen molar-refractivity contribution in [1.29, 1.82) is 0 Å². The fourth-order valence-corrected chi connectivity index (χ4v) is 1.35. The first-order valence-corrected chi connectivity index (χ1v) is 5.11. The van der Waals surface area contributed by atoms with Crippen molar-refractivity contribution in [2.45, 2.75) is 50.8 Å². The quantitative estimate of drug-likeness (QED) is 0.480. The molecule has 1 saturated heterocycles. The van der Waals surface area contributed by atoms with E-state index in [2.05, 4.69) is 0 Å². The van der Waals surface area contributed by atoms with Crippen molar-refractivity contribution >= 4 is 0 Å². The summed E-state index contributed by atoms with van der Waals surface area (Å²) in [4.78, 5) is 0. The summed E-state index contributed by atoms with van der Waals surface area (Å²) in [5, 5.41) is 28.2. The SMILES string of the molecule is CC(C)(C)OC[C@H]1OC[C@H](O)[C@@H](O)[C@@H]1O.[Y].[Y].[Y]. The number of aliphatic hydroxyl groups is 3. The van der Waals surface area contributed by atoms with Gasteiger partial charge in [0.05, 0.1) is 18.8 Å². The first kappa shape index (κ1) is 26.0. The average Bonchev–Trinajstić information content (AvgIpc) is 2.12. The molecule has 1 aliphatic rings. The molecule has 3 N–H and O–H groups in total. The Morgan fingerprint density at radius 2 is 1.56 bits per heavy atom. The number of hydrogen-bond acceptors (Lipinski definition) is 5. The molecule has 18 heavy (non-hydrogen) atoms. The van der Waals surface area contributed by atoms with Crippen molar-refractivity contribution in [2.24, 2.45) is 0 Å². The summed E-state index contributed by atoms with van der Waals surface area (Å²) in [6.07, 6.45) is -3.86. The van der Waals surface area contributed by atoms with Crippen molar-refractivity contribution in [3.63, 3.8) is 0 Å². The van der Waals surface area contributed by atoms with E-state index >= 15 is 0 Å². The van der Waals surface area contributed by atoms with Crippen LogP contribution in [0, 0.1) is 0 Å². The first-order valence-electron chi connectivity index (χ1n) is 5.11. The van der Waals surface area contributed by atoms with Crippen LogP contribution in [0.1, 0.15) is 20.8 Å². The van der Waals surface area contributed by atoms with Gasteiger partial charge in [-0.2, -0.15) is 0 Å². The number of hydrogen-bond donors (Lipinski definition) is 3. The Bertz CT molecular complexity index is 212. The van der Waals surface area contributed by atoms with E-state index in [0.717, 1.165) is 0 Å². The van der Waals surface area contributed by atoms with Crippen LogP contribution in [0.5, 0.6) is 0 Å². The smallest absolute Gasteiger partial charge is 0.111 e. The molecule has 0 spiro atoms. The second kappa shape index (κ2) is 11.6. The largest absolute Gasteiger partial charge is 0.388 e. The zero-order valence-corrected chi connectivity index (χ0v) is 19.6. The normalized spacial score (nSPS) is 31.7. The monoisotopic (exact) mass is 487 g/mol. The van der Waals surface area contributed by atoms with Gasteiger partial charge in [-0.3, -0.25) is 0 Å². The van der Waals surface area contributed by atoms with Crippen LogP contribution in [-0.4, -0.2) is 58.6 Å². The van der Waals surface area contributed by atoms with E-state index in [1.807, 2.05) is 20.8 Å². The van der Waals surface area contributed by atoms with E-state index in [4.69, 9.17) is 9.47 Å². The van der Waals surface area contributed by atoms with Crippen LogP contribution >= 0.6 is 0 Å². The number of aliphatic hydroxyl groups excluding tert-OH is 3. The van der Waals surface area contributed by atoms with Gasteiger partial charge in [0.2, 0.25) is 0 Å². The standard InChI is InChI=1S/C10H20O5.3Y/c1-10(2,3)15-5-7-9(13)8(12)6(11)4-14-7;;;/h6-9,11-13H,4-5H2,1-3H3;;;/t6-,7+,8+,9+;;;/m0.../s1. The van der Waals surface area contributed by atoms with Crippen LogP contribution in [-0.2, 0) is 108 Å². The van der Waals surface area contributed by atoms with E-state index in [-0.39, 0.29) is 117 Å². The Morgan fingerprint density at radius 3 is 2.00 bits per heavy atom. The van der Waals surface area contributed by atoms with Crippen LogP contribution < -0.4 is 0 Å². The maximum absolute atomic E-state index is 9.59. The van der Waals surface area contributed by atoms with Gasteiger partial charge >= 0.3 is 0 Å². The zero-order valence-electron chi connectivity index (χ0n) is 11.1. The summed E-state index contributed by atoms with van der Waals surface area (Å²) in [5.74, 6) is 0. The van der Waals surface area contributed by atoms with Crippen LogP contribution in [0.25, 0.3) is 0 Å². The molecular weight excluding hydrogens is 467 g/mol. The molecular formula is C10H20O5Y3. The summed E-state index contributed by atoms with van der Waals surface area (Å²) in [6, 6.07) is 0. The van der Waals surface area contributed by atoms with Gasteiger partial charge in [0.25, 0.3) is 0 Å². The first-order chi connectivity index (χ1) is 6.81. The van der Waals surface area contributed by atoms with Gasteiger partial charge < -0.3 is 24.8 Å². The molecule has 99 valence electrons. The Labute approximate surface area is 184 Å². The molecule has 0 bridgehead atoms. The third-order valence-electron chi connectivity index (χ3n) is 2.29. The summed E-state index contributed by atoms with van der Waals surface area (Å²) in [5.41, 5.74) is -0.315. The molecule has 4 atom stereocenters. The molecule has 1 aliphatic heterocycles. The van der Waals surface area contributed by atoms with Crippen molar-refractivity contribution in [1.82, 2.24) is 0 Å². The molecule has 0 saturated carbocycles. The van der Waals surface area contributed by atoms with Gasteiger partial charge in [-0.25, -0.2) is 0 Å². The fraction of sp³-hybridized carbons (Fsp3) is 1.00. The van der Waals surface area contributed by atoms with Crippen molar-refractivity contribution < 1.29 is 123 Å². The molecule has 1 rings (SSSR count). The van der Waals surface area contributed by atoms with Crippen LogP contribution in [0.3, 0.4) is 0 Å². The van der Waals surface area contributed by atoms with Gasteiger partial charge in [-0.15, -0.1) is 0 Å². The van der Waals surface area contributed by atoms with E-state index < -0.39 is 24.4 Å². The van der Waals surface area contributed by atoms with Gasteiger partial charge in [-0.1, -0.05) is 0 Å². The molecule has 0 aromatic carbocycles. The summed E-state index contributed by atoms with van der Waals surface area (Å²) in [7, 11) is 0. The van der Waals surface area contributed by atoms with Crippen molar-refractivity contribution in [3.8, 4) is 0 Å². The third-order valence-corrected chi connectivity index (χ3v) is 2.29. The maximum Gasteiger partial charge on any atom is 0.111 e. The average molecular weight is 487 g/mol. The summed E-state index contributed by atoms with van der Waals surface area (Å²) >= 11 is 0. The molecule has 0 aromatic rings. The zero-order chi connectivity index (χ0) is 11.6. The molecule has 5 nitrogen and oxygen atoms in total. The summed E-state index contributed by atoms with van der Waals surface area (Å²) in [6.45, 7) is 5.92. The second-order valence-corrected chi connectivity index (χ2v) is 4.84. The minimum Gasteiger partial charge on any atom is -0.388 e. The molecule has 1 fully saturated rings. The molecule has 1 heterocycles. The van der Waals surface area contributed by atoms with Crippen LogP contribution in [0.4, 0.5) is 0 Å². The van der Waals surface area contributed by atoms with E-state index in [1.54, 1.807) is 0 Å². The fourth-order valence-electron chi connectivity index (χ4n) is 1.35. The Hall–Kier alpha value is 3.11. The van der Waals surface area contributed by atoms with Crippen molar-refractivity contribution in [3.05, 3.63) is 0 Å². The van der Waals surface area contributed by atoms with E-state index in [9.17, 15) is 15.3 Å². The second-order valence-electron chi connectivity index (χ2n) is 4.84. The molecule has 0 aromatic heterocycles. The maximum atomic E-state index is 9.59. The van der Waals surface area contributed by atoms with Crippen LogP contribution in [0.2, 0.25) is 0 Å². The minimum absolute atomic E-state index is 0. The van der Waals surface area contributed by atoms with Gasteiger partial charge in [0, 0.05) is 98.1 Å². The molecule has 0 aliphatic carbocycles. The molecule has 0 amide bonds. The van der Waals surface area contributed by atoms with Gasteiger partial charge in [0.15, 0.2) is 0 Å². The molecule has 3 radical (unpaired) electrons. The Balaban J connectivity index is -0.000000750. The van der Waals surface area contributed by atoms with Crippen LogP contribution in [0.15, 0.2) is 0 Å². The molecule has 0 unspecified atom stereocenters. The Morgan fingerprint density at radius 1 is 1.06 bits per heavy atom. The summed E-state index contributed by atoms with van der Waals surface area (Å²) < 4.78 is 10.6. The van der Waals surface area contributed by atoms with Crippen molar-refractivity contribution in [2.75, 3.05) is 13.2 Å². The van der Waals surface area contributed by atoms with E-state index in [1.165, 1.54) is 0 Å². The van der Waals surface area contributed by atoms with E-state index in [0.29, 0.717) is 0 Å². The topological polar surface area (TPSA) is 79.2 Å². The minimum atomic E-state index is -1.16. The number of rotatable bonds is 2. The predicted molar refractivity (Wildman–Crippen MR) is 53.5 cm³/mol. The third kappa shape index (κ3) is 9.19. The predicted octanol–water partition coefficient (Wildman–Crippen LogP) is -0.724. The Kier molecular flexibility index (Phi) is 16.8. The van der Waals surface area contributed by atoms with Gasteiger partial charge in [0.1, 0.15) is 24.4 Å².